The van der Waals surface area contributed by atoms with Crippen LogP contribution in [0.25, 0.3) is 11.3 Å². The van der Waals surface area contributed by atoms with Crippen LogP contribution in [-0.4, -0.2) is 28.0 Å². The Morgan fingerprint density at radius 2 is 1.68 bits per heavy atom. The minimum Gasteiger partial charge on any atom is -0.438 e. The van der Waals surface area contributed by atoms with E-state index in [-0.39, 0.29) is 0 Å². The van der Waals surface area contributed by atoms with Crippen LogP contribution in [0.5, 0.6) is 11.6 Å². The van der Waals surface area contributed by atoms with Gasteiger partial charge in [0.15, 0.2) is 0 Å². The first-order valence-electron chi connectivity index (χ1n) is 10.2. The summed E-state index contributed by atoms with van der Waals surface area (Å²) in [6.07, 6.45) is 3.32. The molecule has 3 N–H and O–H groups in total. The van der Waals surface area contributed by atoms with Crippen LogP contribution >= 0.6 is 23.2 Å². The van der Waals surface area contributed by atoms with E-state index in [1.165, 1.54) is 0 Å². The first-order valence-corrected chi connectivity index (χ1v) is 11.0. The summed E-state index contributed by atoms with van der Waals surface area (Å²) in [6, 6.07) is 15.2. The fourth-order valence-corrected chi connectivity index (χ4v) is 3.69. The summed E-state index contributed by atoms with van der Waals surface area (Å²) in [7, 11) is 1.75. The number of urea groups is 1. The van der Waals surface area contributed by atoms with Crippen molar-refractivity contribution in [3.8, 4) is 22.9 Å². The highest BCUT2D eigenvalue weighted by atomic mass is 35.5. The van der Waals surface area contributed by atoms with Gasteiger partial charge in [0.05, 0.1) is 11.3 Å². The van der Waals surface area contributed by atoms with Crippen molar-refractivity contribution < 1.29 is 9.53 Å². The van der Waals surface area contributed by atoms with Crippen molar-refractivity contribution in [2.45, 2.75) is 6.92 Å². The number of nitrogens with zero attached hydrogens (tertiary/aromatic N) is 3. The van der Waals surface area contributed by atoms with Gasteiger partial charge >= 0.3 is 6.03 Å². The number of nitrogens with one attached hydrogen (secondary N) is 3. The molecule has 4 rings (SSSR count). The number of hydrogen-bond acceptors (Lipinski definition) is 6. The molecule has 8 nitrogen and oxygen atoms in total. The maximum atomic E-state index is 12.4. The number of benzene rings is 2. The minimum atomic E-state index is -0.428. The van der Waals surface area contributed by atoms with Crippen LogP contribution in [-0.2, 0) is 0 Å². The van der Waals surface area contributed by atoms with Gasteiger partial charge in [-0.3, -0.25) is 0 Å². The van der Waals surface area contributed by atoms with Crippen LogP contribution in [0, 0.1) is 6.92 Å². The fraction of sp³-hybridized carbons (Fsp3) is 0.0833. The van der Waals surface area contributed by atoms with Crippen molar-refractivity contribution in [3.05, 3.63) is 82.6 Å². The number of anilines is 3. The van der Waals surface area contributed by atoms with Gasteiger partial charge in [0, 0.05) is 40.9 Å². The van der Waals surface area contributed by atoms with E-state index in [9.17, 15) is 4.79 Å². The zero-order valence-electron chi connectivity index (χ0n) is 18.3. The standard InChI is InChI=1S/C24H20Cl2N6O2/c1-14-10-17(30-24(33)31-18-12-15(25)11-16(26)13-18)5-6-21(14)34-22-19(4-3-8-28-22)20-7-9-29-23(27-2)32-20/h3-13H,1-2H3,(H,27,29,32)(H2,30,31,33). The Morgan fingerprint density at radius 1 is 0.912 bits per heavy atom. The lowest BCUT2D eigenvalue weighted by atomic mass is 10.2. The number of rotatable bonds is 6. The Labute approximate surface area is 206 Å². The third-order valence-corrected chi connectivity index (χ3v) is 5.12. The van der Waals surface area contributed by atoms with Crippen molar-refractivity contribution in [1.29, 1.82) is 0 Å². The molecule has 2 aromatic heterocycles. The van der Waals surface area contributed by atoms with E-state index in [4.69, 9.17) is 27.9 Å². The number of carbonyl (C=O) groups is 1. The molecule has 0 saturated carbocycles. The van der Waals surface area contributed by atoms with Crippen molar-refractivity contribution in [2.75, 3.05) is 23.0 Å². The molecule has 10 heteroatoms. The highest BCUT2D eigenvalue weighted by Gasteiger charge is 2.13. The largest absolute Gasteiger partial charge is 0.438 e. The molecule has 0 aliphatic heterocycles. The molecule has 0 aliphatic rings. The quantitative estimate of drug-likeness (QED) is 0.278. The lowest BCUT2D eigenvalue weighted by Crippen LogP contribution is -2.19. The first-order chi connectivity index (χ1) is 16.4. The molecule has 0 radical (unpaired) electrons. The number of halogens is 2. The van der Waals surface area contributed by atoms with Gasteiger partial charge in [-0.25, -0.2) is 19.7 Å². The van der Waals surface area contributed by atoms with Crippen LogP contribution in [0.1, 0.15) is 5.56 Å². The lowest BCUT2D eigenvalue weighted by Gasteiger charge is -2.13. The summed E-state index contributed by atoms with van der Waals surface area (Å²) in [5, 5.41) is 9.26. The number of ether oxygens (including phenoxy) is 1. The SMILES string of the molecule is CNc1nccc(-c2cccnc2Oc2ccc(NC(=O)Nc3cc(Cl)cc(Cl)c3)cc2C)n1. The molecule has 2 heterocycles. The zero-order valence-corrected chi connectivity index (χ0v) is 19.8. The zero-order chi connectivity index (χ0) is 24.1. The summed E-state index contributed by atoms with van der Waals surface area (Å²) < 4.78 is 6.10. The molecule has 0 atom stereocenters. The highest BCUT2D eigenvalue weighted by molar-refractivity contribution is 6.35. The Hall–Kier alpha value is -3.88. The second-order valence-corrected chi connectivity index (χ2v) is 8.06. The Balaban J connectivity index is 1.49. The van der Waals surface area contributed by atoms with E-state index in [0.717, 1.165) is 11.1 Å². The van der Waals surface area contributed by atoms with Crippen LogP contribution in [0.4, 0.5) is 22.1 Å². The maximum absolute atomic E-state index is 12.4. The van der Waals surface area contributed by atoms with E-state index < -0.39 is 6.03 Å². The average molecular weight is 495 g/mol. The smallest absolute Gasteiger partial charge is 0.323 e. The van der Waals surface area contributed by atoms with Gasteiger partial charge in [-0.2, -0.15) is 0 Å². The molecule has 34 heavy (non-hydrogen) atoms. The molecule has 0 spiro atoms. The minimum absolute atomic E-state index is 0.405. The van der Waals surface area contributed by atoms with Gasteiger partial charge in [0.2, 0.25) is 11.8 Å². The molecule has 172 valence electrons. The number of aromatic nitrogens is 3. The molecule has 2 amide bonds. The number of pyridine rings is 1. The predicted molar refractivity (Wildman–Crippen MR) is 135 cm³/mol. The summed E-state index contributed by atoms with van der Waals surface area (Å²) >= 11 is 12.0. The van der Waals surface area contributed by atoms with Crippen LogP contribution < -0.4 is 20.7 Å². The third kappa shape index (κ3) is 5.72. The molecule has 2 aromatic carbocycles. The van der Waals surface area contributed by atoms with E-state index in [1.54, 1.807) is 61.9 Å². The van der Waals surface area contributed by atoms with Crippen molar-refractivity contribution in [3.63, 3.8) is 0 Å². The number of hydrogen-bond donors (Lipinski definition) is 3. The number of carbonyl (C=O) groups excluding carboxylic acids is 1. The normalized spacial score (nSPS) is 10.5. The molecule has 0 aliphatic carbocycles. The van der Waals surface area contributed by atoms with Crippen molar-refractivity contribution in [2.24, 2.45) is 0 Å². The molecule has 4 aromatic rings. The van der Waals surface area contributed by atoms with Gasteiger partial charge in [-0.05, 0) is 67.1 Å². The first kappa shape index (κ1) is 23.3. The predicted octanol–water partition coefficient (Wildman–Crippen LogP) is 6.63. The maximum Gasteiger partial charge on any atom is 0.323 e. The van der Waals surface area contributed by atoms with E-state index in [0.29, 0.717) is 44.7 Å². The molecular formula is C24H20Cl2N6O2. The average Bonchev–Trinajstić information content (AvgIpc) is 2.80. The van der Waals surface area contributed by atoms with Crippen LogP contribution in [0.2, 0.25) is 10.0 Å². The molecule has 0 bridgehead atoms. The molecule has 0 fully saturated rings. The Bertz CT molecular complexity index is 1330. The van der Waals surface area contributed by atoms with Crippen LogP contribution in [0.3, 0.4) is 0 Å². The number of amides is 2. The lowest BCUT2D eigenvalue weighted by molar-refractivity contribution is 0.262. The van der Waals surface area contributed by atoms with Gasteiger partial charge < -0.3 is 20.7 Å². The second kappa shape index (κ2) is 10.4. The van der Waals surface area contributed by atoms with Gasteiger partial charge in [0.1, 0.15) is 5.75 Å². The van der Waals surface area contributed by atoms with Crippen molar-refractivity contribution >= 4 is 46.6 Å². The Morgan fingerprint density at radius 3 is 2.41 bits per heavy atom. The van der Waals surface area contributed by atoms with Crippen LogP contribution in [0.15, 0.2) is 67.0 Å². The summed E-state index contributed by atoms with van der Waals surface area (Å²) in [6.45, 7) is 1.88. The summed E-state index contributed by atoms with van der Waals surface area (Å²) in [5.41, 5.74) is 3.28. The topological polar surface area (TPSA) is 101 Å². The summed E-state index contributed by atoms with van der Waals surface area (Å²) in [5.74, 6) is 1.50. The molecule has 0 saturated heterocycles. The van der Waals surface area contributed by atoms with Crippen molar-refractivity contribution in [1.82, 2.24) is 15.0 Å². The number of aryl methyl sites for hydroxylation is 1. The van der Waals surface area contributed by atoms with Gasteiger partial charge in [-0.1, -0.05) is 23.2 Å². The Kier molecular flexibility index (Phi) is 7.10. The summed E-state index contributed by atoms with van der Waals surface area (Å²) in [4.78, 5) is 25.4. The van der Waals surface area contributed by atoms with Gasteiger partial charge in [0.25, 0.3) is 0 Å². The second-order valence-electron chi connectivity index (χ2n) is 7.19. The molecule has 0 unspecified atom stereocenters. The van der Waals surface area contributed by atoms with E-state index in [1.807, 2.05) is 19.1 Å². The third-order valence-electron chi connectivity index (χ3n) is 4.69. The van der Waals surface area contributed by atoms with E-state index in [2.05, 4.69) is 30.9 Å². The molecular weight excluding hydrogens is 475 g/mol. The monoisotopic (exact) mass is 494 g/mol. The van der Waals surface area contributed by atoms with E-state index >= 15 is 0 Å². The highest BCUT2D eigenvalue weighted by Crippen LogP contribution is 2.33. The fourth-order valence-electron chi connectivity index (χ4n) is 3.16. The van der Waals surface area contributed by atoms with Gasteiger partial charge in [-0.15, -0.1) is 0 Å².